The van der Waals surface area contributed by atoms with E-state index in [4.69, 9.17) is 4.74 Å². The lowest BCUT2D eigenvalue weighted by atomic mass is 10.0. The number of methoxy groups -OCH3 is 1. The molecule has 0 fully saturated rings. The third-order valence-electron chi connectivity index (χ3n) is 5.26. The predicted molar refractivity (Wildman–Crippen MR) is 117 cm³/mol. The molecule has 0 aliphatic rings. The summed E-state index contributed by atoms with van der Waals surface area (Å²) in [4.78, 5) is 36.1. The smallest absolute Gasteiger partial charge is 0.343 e. The number of Topliss-reactive ketones (excluding diaryl/α,β-unsaturated/α-hetero) is 1. The second-order valence-electron chi connectivity index (χ2n) is 7.34. The lowest BCUT2D eigenvalue weighted by Gasteiger charge is -2.06. The lowest BCUT2D eigenvalue weighted by Crippen LogP contribution is -3.00. The number of non-ortho nitro benzene ring substituents is 1. The van der Waals surface area contributed by atoms with Crippen LogP contribution in [0.1, 0.15) is 26.4 Å². The number of halogens is 1. The Bertz CT molecular complexity index is 1380. The Morgan fingerprint density at radius 2 is 1.91 bits per heavy atom. The molecule has 0 unspecified atom stereocenters. The van der Waals surface area contributed by atoms with Crippen molar-refractivity contribution >= 4 is 23.0 Å². The van der Waals surface area contributed by atoms with Crippen LogP contribution in [0, 0.1) is 17.0 Å². The highest BCUT2D eigenvalue weighted by Gasteiger charge is 2.24. The molecule has 0 aliphatic carbocycles. The van der Waals surface area contributed by atoms with Crippen LogP contribution in [0.4, 0.5) is 5.69 Å². The highest BCUT2D eigenvalue weighted by molar-refractivity contribution is 6.02. The molecule has 168 valence electrons. The van der Waals surface area contributed by atoms with E-state index < -0.39 is 10.9 Å². The number of rotatable bonds is 6. The quantitative estimate of drug-likeness (QED) is 0.138. The molecular formula is C24H20ClN3O5. The number of fused-ring (bicyclic) bond motifs is 1. The predicted octanol–water partition coefficient (Wildman–Crippen LogP) is 0.784. The number of ketones is 1. The molecule has 9 heteroatoms. The lowest BCUT2D eigenvalue weighted by molar-refractivity contribution is -0.683. The van der Waals surface area contributed by atoms with Gasteiger partial charge in [0, 0.05) is 35.5 Å². The summed E-state index contributed by atoms with van der Waals surface area (Å²) in [5.41, 5.74) is 3.70. The Hall–Kier alpha value is -4.04. The topological polar surface area (TPSA) is 94.8 Å². The summed E-state index contributed by atoms with van der Waals surface area (Å²) in [6, 6.07) is 15.2. The third kappa shape index (κ3) is 4.61. The number of aromatic nitrogens is 2. The zero-order chi connectivity index (χ0) is 22.8. The Kier molecular flexibility index (Phi) is 6.89. The number of carbonyl (C=O) groups excluding carboxylic acids is 2. The van der Waals surface area contributed by atoms with Crippen molar-refractivity contribution < 1.29 is 36.2 Å². The maximum absolute atomic E-state index is 13.5. The number of ether oxygens (including phenoxy) is 1. The Balaban J connectivity index is 0.00000306. The second-order valence-corrected chi connectivity index (χ2v) is 7.34. The van der Waals surface area contributed by atoms with Gasteiger partial charge in [-0.15, -0.1) is 0 Å². The molecule has 0 radical (unpaired) electrons. The Labute approximate surface area is 195 Å². The molecule has 33 heavy (non-hydrogen) atoms. The van der Waals surface area contributed by atoms with E-state index in [2.05, 4.69) is 0 Å². The monoisotopic (exact) mass is 465 g/mol. The molecule has 0 saturated heterocycles. The average Bonchev–Trinajstić information content (AvgIpc) is 3.20. The molecule has 8 nitrogen and oxygen atoms in total. The maximum Gasteiger partial charge on any atom is 0.343 e. The van der Waals surface area contributed by atoms with Gasteiger partial charge in [0.25, 0.3) is 5.69 Å². The summed E-state index contributed by atoms with van der Waals surface area (Å²) in [6.07, 6.45) is 5.04. The first kappa shape index (κ1) is 23.6. The molecule has 3 aromatic heterocycles. The molecule has 3 heterocycles. The van der Waals surface area contributed by atoms with E-state index in [-0.39, 0.29) is 30.4 Å². The van der Waals surface area contributed by atoms with Crippen LogP contribution in [0.25, 0.3) is 16.6 Å². The van der Waals surface area contributed by atoms with Crippen molar-refractivity contribution in [3.63, 3.8) is 0 Å². The summed E-state index contributed by atoms with van der Waals surface area (Å²) in [6.45, 7) is 1.92. The van der Waals surface area contributed by atoms with E-state index in [1.165, 1.54) is 19.2 Å². The van der Waals surface area contributed by atoms with Gasteiger partial charge in [-0.2, -0.15) is 4.57 Å². The fraction of sp³-hybridized carbons (Fsp3) is 0.125. The van der Waals surface area contributed by atoms with Gasteiger partial charge in [0.2, 0.25) is 12.3 Å². The van der Waals surface area contributed by atoms with Crippen LogP contribution in [0.2, 0.25) is 0 Å². The summed E-state index contributed by atoms with van der Waals surface area (Å²) in [7, 11) is 1.30. The number of nitrogens with zero attached hydrogens (tertiary/aromatic N) is 3. The molecule has 0 N–H and O–H groups in total. The van der Waals surface area contributed by atoms with Gasteiger partial charge in [0.05, 0.1) is 12.0 Å². The number of nitro groups is 1. The van der Waals surface area contributed by atoms with Gasteiger partial charge in [-0.25, -0.2) is 4.79 Å². The van der Waals surface area contributed by atoms with Crippen LogP contribution in [-0.2, 0) is 11.3 Å². The zero-order valence-corrected chi connectivity index (χ0v) is 18.7. The molecular weight excluding hydrogens is 446 g/mol. The van der Waals surface area contributed by atoms with Gasteiger partial charge in [-0.3, -0.25) is 14.9 Å². The number of carbonyl (C=O) groups is 2. The highest BCUT2D eigenvalue weighted by Crippen LogP contribution is 2.31. The minimum atomic E-state index is -0.493. The number of nitro benzene ring substituents is 1. The summed E-state index contributed by atoms with van der Waals surface area (Å²) in [5, 5.41) is 11.3. The van der Waals surface area contributed by atoms with Crippen LogP contribution >= 0.6 is 0 Å². The first-order valence-electron chi connectivity index (χ1n) is 9.85. The van der Waals surface area contributed by atoms with Gasteiger partial charge in [-0.05, 0) is 36.2 Å². The van der Waals surface area contributed by atoms with Gasteiger partial charge in [0.15, 0.2) is 12.4 Å². The fourth-order valence-corrected chi connectivity index (χ4v) is 3.73. The van der Waals surface area contributed by atoms with E-state index in [1.807, 2.05) is 25.1 Å². The summed E-state index contributed by atoms with van der Waals surface area (Å²) in [5.74, 6) is -0.697. The van der Waals surface area contributed by atoms with Gasteiger partial charge in [0.1, 0.15) is 11.3 Å². The molecule has 0 spiro atoms. The van der Waals surface area contributed by atoms with Gasteiger partial charge in [-0.1, -0.05) is 18.2 Å². The maximum atomic E-state index is 13.5. The van der Waals surface area contributed by atoms with E-state index >= 15 is 0 Å². The van der Waals surface area contributed by atoms with Crippen LogP contribution in [0.15, 0.2) is 73.2 Å². The van der Waals surface area contributed by atoms with Crippen molar-refractivity contribution in [3.8, 4) is 11.1 Å². The molecule has 0 amide bonds. The first-order valence-corrected chi connectivity index (χ1v) is 9.85. The molecule has 4 aromatic rings. The van der Waals surface area contributed by atoms with Crippen molar-refractivity contribution in [1.29, 1.82) is 0 Å². The standard InChI is InChI=1S/C24H20N3O5.ClH/c1-16-6-4-11-26-21(16)13-20(17-7-3-9-19(12-17)27(30)31)23(26)22(28)15-25-10-5-8-18(14-25)24(29)32-2;/h3-14H,15H2,1-2H3;1H/q+1;/p-1. The second kappa shape index (κ2) is 9.62. The number of aryl methyl sites for hydroxylation is 1. The highest BCUT2D eigenvalue weighted by atomic mass is 35.5. The molecule has 0 atom stereocenters. The number of esters is 1. The minimum absolute atomic E-state index is 0. The van der Waals surface area contributed by atoms with Crippen LogP contribution in [-0.4, -0.2) is 28.2 Å². The fourth-order valence-electron chi connectivity index (χ4n) is 3.73. The van der Waals surface area contributed by atoms with Crippen molar-refractivity contribution in [1.82, 2.24) is 4.40 Å². The Morgan fingerprint density at radius 3 is 2.64 bits per heavy atom. The van der Waals surface area contributed by atoms with E-state index in [1.54, 1.807) is 51.8 Å². The van der Waals surface area contributed by atoms with Crippen LogP contribution in [0.3, 0.4) is 0 Å². The number of pyridine rings is 2. The first-order chi connectivity index (χ1) is 15.4. The van der Waals surface area contributed by atoms with Crippen molar-refractivity contribution in [3.05, 3.63) is 100 Å². The summed E-state index contributed by atoms with van der Waals surface area (Å²) >= 11 is 0. The van der Waals surface area contributed by atoms with E-state index in [0.29, 0.717) is 22.4 Å². The average molecular weight is 466 g/mol. The molecule has 0 saturated carbocycles. The largest absolute Gasteiger partial charge is 1.00 e. The number of hydrogen-bond acceptors (Lipinski definition) is 5. The van der Waals surface area contributed by atoms with Gasteiger partial charge < -0.3 is 21.5 Å². The molecule has 0 bridgehead atoms. The van der Waals surface area contributed by atoms with E-state index in [9.17, 15) is 19.7 Å². The van der Waals surface area contributed by atoms with Crippen LogP contribution < -0.4 is 17.0 Å². The SMILES string of the molecule is COC(=O)c1ccc[n+](CC(=O)c2c(-c3cccc([N+](=O)[O-])c3)cc3c(C)cccn23)c1.[Cl-]. The number of hydrogen-bond donors (Lipinski definition) is 0. The van der Waals surface area contributed by atoms with Gasteiger partial charge >= 0.3 is 5.97 Å². The van der Waals surface area contributed by atoms with Crippen molar-refractivity contribution in [2.75, 3.05) is 7.11 Å². The normalized spacial score (nSPS) is 10.5. The molecule has 1 aromatic carbocycles. The van der Waals surface area contributed by atoms with Crippen molar-refractivity contribution in [2.45, 2.75) is 13.5 Å². The molecule has 0 aliphatic heterocycles. The summed E-state index contributed by atoms with van der Waals surface area (Å²) < 4.78 is 8.16. The van der Waals surface area contributed by atoms with Crippen LogP contribution in [0.5, 0.6) is 0 Å². The van der Waals surface area contributed by atoms with E-state index in [0.717, 1.165) is 11.1 Å². The molecule has 4 rings (SSSR count). The zero-order valence-electron chi connectivity index (χ0n) is 17.9. The number of benzene rings is 1. The third-order valence-corrected chi connectivity index (χ3v) is 5.26. The van der Waals surface area contributed by atoms with Crippen molar-refractivity contribution in [2.24, 2.45) is 0 Å². The Morgan fingerprint density at radius 1 is 1.12 bits per heavy atom. The minimum Gasteiger partial charge on any atom is -1.00 e.